The largest absolute Gasteiger partial charge is 0.444 e. The molecule has 0 radical (unpaired) electrons. The summed E-state index contributed by atoms with van der Waals surface area (Å²) in [5.74, 6) is 1.14. The zero-order valence-electron chi connectivity index (χ0n) is 29.2. The second-order valence-corrected chi connectivity index (χ2v) is 13.4. The van der Waals surface area contributed by atoms with E-state index in [1.165, 1.54) is 18.5 Å². The number of nitrogens with one attached hydrogen (secondary N) is 1. The number of aryl methyl sites for hydroxylation is 1. The molecule has 3 heterocycles. The van der Waals surface area contributed by atoms with Gasteiger partial charge in [-0.2, -0.15) is 4.98 Å². The van der Waals surface area contributed by atoms with Gasteiger partial charge in [0, 0.05) is 62.8 Å². The smallest absolute Gasteiger partial charge is 0.407 e. The molecule has 1 unspecified atom stereocenters. The summed E-state index contributed by atoms with van der Waals surface area (Å²) in [6.45, 7) is 14.3. The number of carbonyl (C=O) groups is 2. The van der Waals surface area contributed by atoms with E-state index < -0.39 is 11.7 Å². The molecule has 13 nitrogen and oxygen atoms in total. The van der Waals surface area contributed by atoms with Crippen molar-refractivity contribution in [2.45, 2.75) is 78.0 Å². The van der Waals surface area contributed by atoms with Gasteiger partial charge in [-0.1, -0.05) is 12.1 Å². The number of nitrogen functional groups attached to an aromatic ring is 1. The van der Waals surface area contributed by atoms with Gasteiger partial charge in [0.15, 0.2) is 0 Å². The molecule has 13 heteroatoms. The van der Waals surface area contributed by atoms with Crippen molar-refractivity contribution in [1.82, 2.24) is 20.2 Å². The van der Waals surface area contributed by atoms with Crippen LogP contribution in [0.2, 0.25) is 0 Å². The van der Waals surface area contributed by atoms with Crippen LogP contribution in [0.15, 0.2) is 30.3 Å². The topological polar surface area (TPSA) is 145 Å². The van der Waals surface area contributed by atoms with Gasteiger partial charge in [-0.05, 0) is 71.1 Å². The third kappa shape index (κ3) is 12.7. The normalized spacial score (nSPS) is 16.6. The monoisotopic (exact) mass is 669 g/mol. The zero-order chi connectivity index (χ0) is 34.4. The van der Waals surface area contributed by atoms with Gasteiger partial charge in [-0.25, -0.2) is 9.78 Å². The van der Waals surface area contributed by atoms with Gasteiger partial charge in [0.2, 0.25) is 11.9 Å². The molecule has 0 spiro atoms. The number of hydrogen-bond acceptors (Lipinski definition) is 11. The number of anilines is 3. The van der Waals surface area contributed by atoms with E-state index >= 15 is 0 Å². The van der Waals surface area contributed by atoms with E-state index in [1.807, 2.05) is 38.7 Å². The molecule has 1 aromatic carbocycles. The molecular formula is C35H55N7O6. The van der Waals surface area contributed by atoms with E-state index in [0.29, 0.717) is 59.3 Å². The summed E-state index contributed by atoms with van der Waals surface area (Å²) < 4.78 is 22.0. The number of piperidine rings is 1. The Hall–Kier alpha value is -3.68. The lowest BCUT2D eigenvalue weighted by Gasteiger charge is -2.40. The quantitative estimate of drug-likeness (QED) is 0.237. The summed E-state index contributed by atoms with van der Waals surface area (Å²) >= 11 is 0. The van der Waals surface area contributed by atoms with Gasteiger partial charge in [0.1, 0.15) is 11.4 Å². The van der Waals surface area contributed by atoms with E-state index in [9.17, 15) is 9.59 Å². The number of rotatable bonds is 17. The molecule has 0 saturated carbocycles. The Morgan fingerprint density at radius 3 is 2.33 bits per heavy atom. The van der Waals surface area contributed by atoms with Gasteiger partial charge in [-0.3, -0.25) is 4.79 Å². The fraction of sp³-hybridized carbons (Fsp3) is 0.657. The summed E-state index contributed by atoms with van der Waals surface area (Å²) in [7, 11) is 0. The summed E-state index contributed by atoms with van der Waals surface area (Å²) in [5, 5.41) is 2.65. The summed E-state index contributed by atoms with van der Waals surface area (Å²) in [6, 6.07) is 10.6. The molecule has 0 aliphatic carbocycles. The Balaban J connectivity index is 1.23. The highest BCUT2D eigenvalue weighted by Gasteiger charge is 2.30. The standard InChI is InChI=1S/C35H55N7O6/c1-27-23-31(39-33(36)38-27)41-16-8-11-30(26-41)42(25-28-9-7-10-29(24-28)40-14-5-6-15-40)32(43)12-17-45-19-21-47-22-20-46-18-13-37-34(44)48-35(2,3)4/h7,9-10,23-24,30H,5-6,8,11-22,25-26H2,1-4H3,(H,37,44)(H2,36,38,39). The van der Waals surface area contributed by atoms with Gasteiger partial charge < -0.3 is 44.7 Å². The molecule has 4 rings (SSSR count). The molecule has 2 aliphatic heterocycles. The van der Waals surface area contributed by atoms with Gasteiger partial charge >= 0.3 is 6.09 Å². The second-order valence-electron chi connectivity index (χ2n) is 13.4. The van der Waals surface area contributed by atoms with Crippen LogP contribution in [0.4, 0.5) is 22.2 Å². The molecule has 2 fully saturated rings. The van der Waals surface area contributed by atoms with Crippen LogP contribution < -0.4 is 20.9 Å². The third-order valence-electron chi connectivity index (χ3n) is 8.19. The minimum Gasteiger partial charge on any atom is -0.444 e. The number of hydrogen-bond donors (Lipinski definition) is 2. The molecule has 2 aromatic rings. The van der Waals surface area contributed by atoms with E-state index in [0.717, 1.165) is 49.6 Å². The highest BCUT2D eigenvalue weighted by molar-refractivity contribution is 5.77. The first-order valence-corrected chi connectivity index (χ1v) is 17.3. The van der Waals surface area contributed by atoms with Crippen molar-refractivity contribution in [3.8, 4) is 0 Å². The fourth-order valence-corrected chi connectivity index (χ4v) is 5.98. The van der Waals surface area contributed by atoms with E-state index in [4.69, 9.17) is 24.7 Å². The molecule has 0 bridgehead atoms. The van der Waals surface area contributed by atoms with Crippen molar-refractivity contribution < 1.29 is 28.5 Å². The van der Waals surface area contributed by atoms with Crippen LogP contribution in [-0.2, 0) is 30.3 Å². The molecule has 2 aliphatic rings. The Morgan fingerprint density at radius 1 is 0.938 bits per heavy atom. The Morgan fingerprint density at radius 2 is 1.62 bits per heavy atom. The number of amides is 2. The van der Waals surface area contributed by atoms with Gasteiger partial charge in [-0.15, -0.1) is 0 Å². The third-order valence-corrected chi connectivity index (χ3v) is 8.19. The highest BCUT2D eigenvalue weighted by Crippen LogP contribution is 2.26. The summed E-state index contributed by atoms with van der Waals surface area (Å²) in [5.41, 5.74) is 8.62. The molecular weight excluding hydrogens is 614 g/mol. The molecule has 2 amide bonds. The molecule has 2 saturated heterocycles. The van der Waals surface area contributed by atoms with Crippen LogP contribution in [0.5, 0.6) is 0 Å². The summed E-state index contributed by atoms with van der Waals surface area (Å²) in [6.07, 6.45) is 4.12. The fourth-order valence-electron chi connectivity index (χ4n) is 5.98. The maximum Gasteiger partial charge on any atom is 0.407 e. The first kappa shape index (κ1) is 37.1. The summed E-state index contributed by atoms with van der Waals surface area (Å²) in [4.78, 5) is 40.8. The van der Waals surface area contributed by atoms with Gasteiger partial charge in [0.25, 0.3) is 0 Å². The molecule has 1 aromatic heterocycles. The second kappa shape index (κ2) is 18.8. The van der Waals surface area contributed by atoms with Crippen molar-refractivity contribution in [2.24, 2.45) is 0 Å². The number of aromatic nitrogens is 2. The lowest BCUT2D eigenvalue weighted by molar-refractivity contribution is -0.135. The number of ether oxygens (including phenoxy) is 4. The van der Waals surface area contributed by atoms with Gasteiger partial charge in [0.05, 0.1) is 46.1 Å². The van der Waals surface area contributed by atoms with E-state index in [2.05, 4.69) is 49.4 Å². The minimum atomic E-state index is -0.530. The average Bonchev–Trinajstić information content (AvgIpc) is 3.58. The predicted molar refractivity (Wildman–Crippen MR) is 186 cm³/mol. The predicted octanol–water partition coefficient (Wildman–Crippen LogP) is 3.93. The first-order valence-electron chi connectivity index (χ1n) is 17.3. The molecule has 266 valence electrons. The number of alkyl carbamates (subject to hydrolysis) is 1. The lowest BCUT2D eigenvalue weighted by Crippen LogP contribution is -2.50. The number of carbonyl (C=O) groups excluding carboxylic acids is 2. The Kier molecular flexibility index (Phi) is 14.5. The van der Waals surface area contributed by atoms with Crippen LogP contribution in [0.1, 0.15) is 64.1 Å². The van der Waals surface area contributed by atoms with Crippen molar-refractivity contribution in [2.75, 3.05) is 87.9 Å². The number of nitrogens with two attached hydrogens (primary N) is 1. The molecule has 1 atom stereocenters. The average molecular weight is 670 g/mol. The van der Waals surface area contributed by atoms with Crippen molar-refractivity contribution in [3.05, 3.63) is 41.6 Å². The SMILES string of the molecule is Cc1cc(N2CCCC(N(Cc3cccc(N4CCCC4)c3)C(=O)CCOCCOCCOCCNC(=O)OC(C)(C)C)C2)nc(N)n1. The molecule has 48 heavy (non-hydrogen) atoms. The van der Waals surface area contributed by atoms with Crippen LogP contribution in [-0.4, -0.2) is 111 Å². The Bertz CT molecular complexity index is 1280. The van der Waals surface area contributed by atoms with Crippen LogP contribution in [0, 0.1) is 6.92 Å². The molecule has 3 N–H and O–H groups in total. The van der Waals surface area contributed by atoms with Crippen LogP contribution in [0.25, 0.3) is 0 Å². The van der Waals surface area contributed by atoms with E-state index in [-0.39, 0.29) is 24.3 Å². The lowest BCUT2D eigenvalue weighted by atomic mass is 10.0. The first-order chi connectivity index (χ1) is 23.1. The maximum atomic E-state index is 13.8. The van der Waals surface area contributed by atoms with Crippen LogP contribution >= 0.6 is 0 Å². The van der Waals surface area contributed by atoms with Crippen molar-refractivity contribution in [3.63, 3.8) is 0 Å². The van der Waals surface area contributed by atoms with Crippen molar-refractivity contribution in [1.29, 1.82) is 0 Å². The minimum absolute atomic E-state index is 0.0286. The van der Waals surface area contributed by atoms with Crippen molar-refractivity contribution >= 4 is 29.5 Å². The highest BCUT2D eigenvalue weighted by atomic mass is 16.6. The van der Waals surface area contributed by atoms with E-state index in [1.54, 1.807) is 0 Å². The van der Waals surface area contributed by atoms with Crippen LogP contribution in [0.3, 0.4) is 0 Å². The Labute approximate surface area is 285 Å². The number of benzene rings is 1. The zero-order valence-corrected chi connectivity index (χ0v) is 29.2. The maximum absolute atomic E-state index is 13.8. The number of nitrogens with zero attached hydrogens (tertiary/aromatic N) is 5.